The van der Waals surface area contributed by atoms with E-state index in [4.69, 9.17) is 0 Å². The number of nitrogens with one attached hydrogen (secondary N) is 1. The van der Waals surface area contributed by atoms with E-state index in [-0.39, 0.29) is 6.54 Å². The van der Waals surface area contributed by atoms with Gasteiger partial charge in [-0.15, -0.1) is 0 Å². The molecular formula is C18H24F3NO2. The molecule has 0 aliphatic carbocycles. The molecule has 0 heterocycles. The highest BCUT2D eigenvalue weighted by atomic mass is 19.4. The Bertz CT molecular complexity index is 564. The molecule has 0 aliphatic heterocycles. The lowest BCUT2D eigenvalue weighted by Gasteiger charge is -2.20. The monoisotopic (exact) mass is 343 g/mol. The highest BCUT2D eigenvalue weighted by Crippen LogP contribution is 2.19. The molecule has 0 aliphatic rings. The molecule has 1 aromatic rings. The second-order valence-corrected chi connectivity index (χ2v) is 5.75. The minimum atomic E-state index is -4.83. The molecule has 0 atom stereocenters. The van der Waals surface area contributed by atoms with E-state index in [1.54, 1.807) is 6.08 Å². The van der Waals surface area contributed by atoms with E-state index in [0.29, 0.717) is 25.7 Å². The number of amides is 1. The van der Waals surface area contributed by atoms with Crippen molar-refractivity contribution in [3.05, 3.63) is 41.5 Å². The predicted molar refractivity (Wildman–Crippen MR) is 88.4 cm³/mol. The Morgan fingerprint density at radius 2 is 1.92 bits per heavy atom. The van der Waals surface area contributed by atoms with Crippen LogP contribution in [0.25, 0.3) is 6.08 Å². The molecular weight excluding hydrogens is 319 g/mol. The number of benzene rings is 1. The van der Waals surface area contributed by atoms with Crippen molar-refractivity contribution in [2.75, 3.05) is 6.54 Å². The van der Waals surface area contributed by atoms with Gasteiger partial charge in [-0.05, 0) is 36.8 Å². The Morgan fingerprint density at radius 3 is 2.50 bits per heavy atom. The van der Waals surface area contributed by atoms with Crippen molar-refractivity contribution in [3.8, 4) is 0 Å². The first-order valence-electron chi connectivity index (χ1n) is 8.06. The molecule has 6 heteroatoms. The molecule has 0 saturated carbocycles. The van der Waals surface area contributed by atoms with Gasteiger partial charge in [0.1, 0.15) is 0 Å². The van der Waals surface area contributed by atoms with Gasteiger partial charge in [0.15, 0.2) is 0 Å². The third-order valence-corrected chi connectivity index (χ3v) is 3.95. The van der Waals surface area contributed by atoms with Gasteiger partial charge in [0.25, 0.3) is 0 Å². The summed E-state index contributed by atoms with van der Waals surface area (Å²) in [5, 5.41) is 12.1. The molecule has 2 N–H and O–H groups in total. The number of carbonyl (C=O) groups is 1. The number of aryl methyl sites for hydroxylation is 1. The van der Waals surface area contributed by atoms with Crippen LogP contribution in [0.4, 0.5) is 13.2 Å². The van der Waals surface area contributed by atoms with Crippen molar-refractivity contribution in [2.45, 2.75) is 51.3 Å². The quantitative estimate of drug-likeness (QED) is 0.704. The first-order chi connectivity index (χ1) is 11.2. The standard InChI is InChI=1S/C18H24F3NO2/c1-3-17(24,4-2)11-10-15-8-5-7-14(13-15)9-6-12-22-16(23)18(19,20)21/h5,7-8,10-11,13,24H,3-4,6,9,12H2,1-2H3,(H,22,23)/b11-10+. The summed E-state index contributed by atoms with van der Waals surface area (Å²) in [6.45, 7) is 3.81. The van der Waals surface area contributed by atoms with Crippen LogP contribution < -0.4 is 5.32 Å². The fraction of sp³-hybridized carbons (Fsp3) is 0.500. The smallest absolute Gasteiger partial charge is 0.386 e. The molecule has 134 valence electrons. The fourth-order valence-corrected chi connectivity index (χ4v) is 2.18. The molecule has 1 aromatic carbocycles. The van der Waals surface area contributed by atoms with Crippen molar-refractivity contribution in [2.24, 2.45) is 0 Å². The van der Waals surface area contributed by atoms with Crippen LogP contribution in [-0.4, -0.2) is 29.3 Å². The average Bonchev–Trinajstić information content (AvgIpc) is 2.56. The van der Waals surface area contributed by atoms with Crippen molar-refractivity contribution in [3.63, 3.8) is 0 Å². The van der Waals surface area contributed by atoms with Crippen molar-refractivity contribution >= 4 is 12.0 Å². The van der Waals surface area contributed by atoms with E-state index < -0.39 is 17.7 Å². The van der Waals surface area contributed by atoms with Crippen LogP contribution in [0, 0.1) is 0 Å². The van der Waals surface area contributed by atoms with E-state index in [2.05, 4.69) is 0 Å². The predicted octanol–water partition coefficient (Wildman–Crippen LogP) is 3.86. The highest BCUT2D eigenvalue weighted by molar-refractivity contribution is 5.81. The van der Waals surface area contributed by atoms with E-state index in [1.807, 2.05) is 49.5 Å². The van der Waals surface area contributed by atoms with Crippen molar-refractivity contribution in [1.82, 2.24) is 5.32 Å². The summed E-state index contributed by atoms with van der Waals surface area (Å²) in [4.78, 5) is 10.7. The first kappa shape index (κ1) is 20.2. The Labute approximate surface area is 140 Å². The number of hydrogen-bond acceptors (Lipinski definition) is 2. The van der Waals surface area contributed by atoms with E-state index >= 15 is 0 Å². The fourth-order valence-electron chi connectivity index (χ4n) is 2.18. The van der Waals surface area contributed by atoms with Gasteiger partial charge < -0.3 is 10.4 Å². The summed E-state index contributed by atoms with van der Waals surface area (Å²) < 4.78 is 36.2. The number of carbonyl (C=O) groups excluding carboxylic acids is 1. The molecule has 0 unspecified atom stereocenters. The van der Waals surface area contributed by atoms with Crippen LogP contribution in [0.2, 0.25) is 0 Å². The summed E-state index contributed by atoms with van der Waals surface area (Å²) in [5.74, 6) is -1.90. The lowest BCUT2D eigenvalue weighted by Crippen LogP contribution is -2.37. The number of hydrogen-bond donors (Lipinski definition) is 2. The minimum Gasteiger partial charge on any atom is -0.386 e. The molecule has 1 rings (SSSR count). The Kier molecular flexibility index (Phi) is 7.48. The van der Waals surface area contributed by atoms with Crippen molar-refractivity contribution in [1.29, 1.82) is 0 Å². The van der Waals surface area contributed by atoms with E-state index in [9.17, 15) is 23.1 Å². The third kappa shape index (κ3) is 6.74. The van der Waals surface area contributed by atoms with Crippen LogP contribution in [0.5, 0.6) is 0 Å². The normalized spacial score (nSPS) is 12.6. The second kappa shape index (κ2) is 8.87. The molecule has 0 radical (unpaired) electrons. The van der Waals surface area contributed by atoms with Gasteiger partial charge in [0.05, 0.1) is 5.60 Å². The maximum absolute atomic E-state index is 12.1. The molecule has 0 aromatic heterocycles. The topological polar surface area (TPSA) is 49.3 Å². The van der Waals surface area contributed by atoms with Gasteiger partial charge in [-0.25, -0.2) is 0 Å². The third-order valence-electron chi connectivity index (χ3n) is 3.95. The lowest BCUT2D eigenvalue weighted by molar-refractivity contribution is -0.173. The van der Waals surface area contributed by atoms with Crippen LogP contribution in [0.15, 0.2) is 30.3 Å². The largest absolute Gasteiger partial charge is 0.471 e. The number of rotatable bonds is 8. The van der Waals surface area contributed by atoms with Gasteiger partial charge in [0.2, 0.25) is 0 Å². The van der Waals surface area contributed by atoms with E-state index in [0.717, 1.165) is 11.1 Å². The zero-order valence-electron chi connectivity index (χ0n) is 14.0. The lowest BCUT2D eigenvalue weighted by atomic mass is 9.95. The number of aliphatic hydroxyl groups is 1. The maximum atomic E-state index is 12.1. The van der Waals surface area contributed by atoms with Gasteiger partial charge in [0, 0.05) is 6.54 Å². The Morgan fingerprint density at radius 1 is 1.25 bits per heavy atom. The summed E-state index contributed by atoms with van der Waals surface area (Å²) in [5.41, 5.74) is 1.07. The second-order valence-electron chi connectivity index (χ2n) is 5.75. The maximum Gasteiger partial charge on any atom is 0.471 e. The number of halogens is 3. The average molecular weight is 343 g/mol. The zero-order chi connectivity index (χ0) is 18.2. The number of alkyl halides is 3. The molecule has 3 nitrogen and oxygen atoms in total. The summed E-state index contributed by atoms with van der Waals surface area (Å²) >= 11 is 0. The first-order valence-corrected chi connectivity index (χ1v) is 8.06. The zero-order valence-corrected chi connectivity index (χ0v) is 14.0. The molecule has 24 heavy (non-hydrogen) atoms. The molecule has 0 spiro atoms. The SMILES string of the molecule is CCC(O)(/C=C/c1cccc(CCCNC(=O)C(F)(F)F)c1)CC. The van der Waals surface area contributed by atoms with Crippen LogP contribution >= 0.6 is 0 Å². The van der Waals surface area contributed by atoms with Crippen molar-refractivity contribution < 1.29 is 23.1 Å². The van der Waals surface area contributed by atoms with E-state index in [1.165, 1.54) is 0 Å². The molecule has 0 fully saturated rings. The van der Waals surface area contributed by atoms with Crippen LogP contribution in [0.1, 0.15) is 44.2 Å². The summed E-state index contributed by atoms with van der Waals surface area (Å²) in [6.07, 6.45) is 1.02. The summed E-state index contributed by atoms with van der Waals surface area (Å²) in [7, 11) is 0. The van der Waals surface area contributed by atoms with Gasteiger partial charge in [-0.1, -0.05) is 50.3 Å². The Balaban J connectivity index is 2.54. The molecule has 0 bridgehead atoms. The Hall–Kier alpha value is -1.82. The van der Waals surface area contributed by atoms with Crippen LogP contribution in [-0.2, 0) is 11.2 Å². The highest BCUT2D eigenvalue weighted by Gasteiger charge is 2.38. The molecule has 0 saturated heterocycles. The van der Waals surface area contributed by atoms with Gasteiger partial charge in [-0.3, -0.25) is 4.79 Å². The van der Waals surface area contributed by atoms with Gasteiger partial charge >= 0.3 is 12.1 Å². The minimum absolute atomic E-state index is 0.0240. The molecule has 1 amide bonds. The van der Waals surface area contributed by atoms with Gasteiger partial charge in [-0.2, -0.15) is 13.2 Å². The summed E-state index contributed by atoms with van der Waals surface area (Å²) in [6, 6.07) is 7.57. The van der Waals surface area contributed by atoms with Crippen LogP contribution in [0.3, 0.4) is 0 Å².